The van der Waals surface area contributed by atoms with Gasteiger partial charge in [-0.1, -0.05) is 97.1 Å². The fraction of sp³-hybridized carbons (Fsp3) is 0.100. The Kier molecular flexibility index (Phi) is 8.92. The van der Waals surface area contributed by atoms with E-state index in [2.05, 4.69) is 9.94 Å². The first-order chi connectivity index (χ1) is 24.8. The van der Waals surface area contributed by atoms with Crippen LogP contribution in [-0.4, -0.2) is 40.2 Å². The minimum atomic E-state index is -4.37. The molecule has 252 valence electrons. The Bertz CT molecular complexity index is 2480. The number of pyridine rings is 1. The summed E-state index contributed by atoms with van der Waals surface area (Å²) in [6.07, 6.45) is 4.89. The molecule has 0 unspecified atom stereocenters. The smallest absolute Gasteiger partial charge is 0.340 e. The minimum absolute atomic E-state index is 0.0311. The summed E-state index contributed by atoms with van der Waals surface area (Å²) >= 11 is 0. The molecule has 10 nitrogen and oxygen atoms in total. The second-order valence-corrected chi connectivity index (χ2v) is 13.7. The van der Waals surface area contributed by atoms with Gasteiger partial charge in [-0.15, -0.1) is 0 Å². The van der Waals surface area contributed by atoms with Crippen LogP contribution in [0.15, 0.2) is 139 Å². The maximum atomic E-state index is 15.0. The van der Waals surface area contributed by atoms with Crippen molar-refractivity contribution in [1.82, 2.24) is 18.7 Å². The number of ether oxygens (including phenoxy) is 1. The van der Waals surface area contributed by atoms with E-state index in [1.165, 1.54) is 29.4 Å². The Labute approximate surface area is 295 Å². The zero-order valence-electron chi connectivity index (χ0n) is 27.8. The molecule has 0 amide bonds. The number of fused-ring (bicyclic) bond motifs is 1. The number of carbonyl (C=O) groups is 1. The first-order valence-corrected chi connectivity index (χ1v) is 17.5. The maximum Gasteiger partial charge on any atom is 0.340 e. The van der Waals surface area contributed by atoms with Crippen LogP contribution in [0, 0.1) is 6.57 Å². The molecule has 0 spiro atoms. The van der Waals surface area contributed by atoms with Gasteiger partial charge in [0.1, 0.15) is 5.52 Å². The van der Waals surface area contributed by atoms with Gasteiger partial charge in [0.05, 0.1) is 36.0 Å². The van der Waals surface area contributed by atoms with E-state index in [0.29, 0.717) is 41.0 Å². The second kappa shape index (κ2) is 13.8. The molecule has 0 aliphatic carbocycles. The van der Waals surface area contributed by atoms with Gasteiger partial charge in [0.2, 0.25) is 5.69 Å². The van der Waals surface area contributed by atoms with E-state index in [4.69, 9.17) is 16.3 Å². The van der Waals surface area contributed by atoms with Crippen LogP contribution in [0.2, 0.25) is 0 Å². The normalized spacial score (nSPS) is 11.3. The van der Waals surface area contributed by atoms with Crippen molar-refractivity contribution in [3.05, 3.63) is 162 Å². The van der Waals surface area contributed by atoms with Gasteiger partial charge in [-0.2, -0.15) is 5.10 Å². The maximum absolute atomic E-state index is 15.0. The van der Waals surface area contributed by atoms with Crippen LogP contribution < -0.4 is 4.90 Å². The number of hydrogen-bond donors (Lipinski definition) is 0. The lowest BCUT2D eigenvalue weighted by molar-refractivity contribution is 0.0602. The molecule has 7 aromatic rings. The summed E-state index contributed by atoms with van der Waals surface area (Å²) in [5.74, 6) is -0.337. The van der Waals surface area contributed by atoms with Crippen molar-refractivity contribution in [2.24, 2.45) is 7.05 Å². The van der Waals surface area contributed by atoms with Crippen LogP contribution >= 0.6 is 0 Å². The van der Waals surface area contributed by atoms with Crippen LogP contribution in [0.1, 0.15) is 21.5 Å². The van der Waals surface area contributed by atoms with Crippen molar-refractivity contribution in [3.8, 4) is 22.4 Å². The summed E-state index contributed by atoms with van der Waals surface area (Å²) in [5.41, 5.74) is 4.31. The van der Waals surface area contributed by atoms with E-state index in [-0.39, 0.29) is 27.4 Å². The molecular formula is C40H32N6O4S. The number of anilines is 1. The summed E-state index contributed by atoms with van der Waals surface area (Å²) < 4.78 is 38.1. The summed E-state index contributed by atoms with van der Waals surface area (Å²) in [4.78, 5) is 24.1. The highest BCUT2D eigenvalue weighted by atomic mass is 32.2. The van der Waals surface area contributed by atoms with Crippen LogP contribution in [0.5, 0.6) is 0 Å². The molecule has 0 saturated carbocycles. The lowest BCUT2D eigenvalue weighted by Crippen LogP contribution is -2.25. The summed E-state index contributed by atoms with van der Waals surface area (Å²) in [7, 11) is -1.32. The van der Waals surface area contributed by atoms with Gasteiger partial charge < -0.3 is 9.64 Å². The first-order valence-electron chi connectivity index (χ1n) is 16.1. The molecule has 0 radical (unpaired) electrons. The van der Waals surface area contributed by atoms with E-state index in [9.17, 15) is 4.79 Å². The Hall–Kier alpha value is -6.51. The topological polar surface area (TPSA) is 104 Å². The number of aromatic nitrogens is 4. The Morgan fingerprint density at radius 2 is 1.45 bits per heavy atom. The molecule has 0 atom stereocenters. The molecule has 51 heavy (non-hydrogen) atoms. The van der Waals surface area contributed by atoms with Gasteiger partial charge in [0, 0.05) is 49.0 Å². The number of aryl methyl sites for hydroxylation is 1. The number of hydrogen-bond acceptors (Lipinski definition) is 7. The monoisotopic (exact) mass is 692 g/mol. The van der Waals surface area contributed by atoms with Crippen molar-refractivity contribution < 1.29 is 17.9 Å². The average molecular weight is 693 g/mol. The average Bonchev–Trinajstić information content (AvgIpc) is 3.79. The largest absolute Gasteiger partial charge is 0.465 e. The molecular weight excluding hydrogens is 661 g/mol. The van der Waals surface area contributed by atoms with E-state index in [1.54, 1.807) is 66.6 Å². The van der Waals surface area contributed by atoms with Crippen molar-refractivity contribution in [2.45, 2.75) is 18.0 Å². The Morgan fingerprint density at radius 1 is 0.843 bits per heavy atom. The van der Waals surface area contributed by atoms with Gasteiger partial charge in [0.15, 0.2) is 5.82 Å². The number of nitrogens with zero attached hydrogens (tertiary/aromatic N) is 6. The molecule has 0 saturated heterocycles. The number of rotatable bonds is 10. The summed E-state index contributed by atoms with van der Waals surface area (Å²) in [6, 6.07) is 34.7. The van der Waals surface area contributed by atoms with Crippen molar-refractivity contribution in [3.63, 3.8) is 0 Å². The fourth-order valence-electron chi connectivity index (χ4n) is 6.28. The van der Waals surface area contributed by atoms with Crippen LogP contribution in [0.4, 0.5) is 11.5 Å². The highest BCUT2D eigenvalue weighted by Crippen LogP contribution is 2.44. The van der Waals surface area contributed by atoms with Gasteiger partial charge in [-0.05, 0) is 34.9 Å². The zero-order chi connectivity index (χ0) is 35.5. The Morgan fingerprint density at radius 3 is 2.02 bits per heavy atom. The highest BCUT2D eigenvalue weighted by molar-refractivity contribution is 7.90. The van der Waals surface area contributed by atoms with Crippen LogP contribution in [0.3, 0.4) is 0 Å². The first kappa shape index (κ1) is 33.0. The lowest BCUT2D eigenvalue weighted by Gasteiger charge is -2.26. The predicted octanol–water partition coefficient (Wildman–Crippen LogP) is 7.88. The predicted molar refractivity (Wildman–Crippen MR) is 197 cm³/mol. The second-order valence-electron chi connectivity index (χ2n) is 11.9. The highest BCUT2D eigenvalue weighted by Gasteiger charge is 2.31. The van der Waals surface area contributed by atoms with Crippen molar-refractivity contribution in [1.29, 1.82) is 0 Å². The van der Waals surface area contributed by atoms with E-state index in [1.807, 2.05) is 65.6 Å². The number of benzene rings is 4. The van der Waals surface area contributed by atoms with Crippen molar-refractivity contribution >= 4 is 38.4 Å². The van der Waals surface area contributed by atoms with Gasteiger partial charge in [-0.3, -0.25) is 4.68 Å². The van der Waals surface area contributed by atoms with Crippen LogP contribution in [-0.2, 0) is 34.9 Å². The quantitative estimate of drug-likeness (QED) is 0.106. The molecule has 0 aliphatic heterocycles. The third kappa shape index (κ3) is 6.24. The van der Waals surface area contributed by atoms with Gasteiger partial charge >= 0.3 is 5.97 Å². The third-order valence-electron chi connectivity index (χ3n) is 8.63. The summed E-state index contributed by atoms with van der Waals surface area (Å²) in [5, 5.41) is 4.60. The molecule has 3 heterocycles. The van der Waals surface area contributed by atoms with Gasteiger partial charge in [0.25, 0.3) is 10.0 Å². The number of methoxy groups -OCH3 is 1. The van der Waals surface area contributed by atoms with Gasteiger partial charge in [-0.25, -0.2) is 27.0 Å². The number of para-hydroxylation sites is 1. The number of esters is 1. The molecule has 0 aliphatic rings. The van der Waals surface area contributed by atoms with E-state index >= 15 is 8.42 Å². The lowest BCUT2D eigenvalue weighted by atomic mass is 10.0. The van der Waals surface area contributed by atoms with E-state index < -0.39 is 16.0 Å². The molecule has 7 rings (SSSR count). The molecule has 0 fully saturated rings. The van der Waals surface area contributed by atoms with Crippen LogP contribution in [0.25, 0.3) is 38.1 Å². The SMILES string of the molecule is [C-]#[N+]c1c(-c2cnn(C)c2)cccc1-c1cc2c(C(=O)OC)cnc(N(Cc3ccccc3)Cc3ccccc3)c2n1S(=O)(=O)c1ccccc1. The molecule has 0 bridgehead atoms. The molecule has 4 aromatic carbocycles. The number of carbonyl (C=O) groups excluding carboxylic acids is 1. The fourth-order valence-corrected chi connectivity index (χ4v) is 7.82. The summed E-state index contributed by atoms with van der Waals surface area (Å²) in [6.45, 7) is 9.06. The van der Waals surface area contributed by atoms with Crippen molar-refractivity contribution in [2.75, 3.05) is 12.0 Å². The molecule has 3 aromatic heterocycles. The van der Waals surface area contributed by atoms with E-state index in [0.717, 1.165) is 11.1 Å². The minimum Gasteiger partial charge on any atom is -0.465 e. The zero-order valence-corrected chi connectivity index (χ0v) is 28.7. The standard InChI is InChI=1S/C40H32N6O4S/c1-41-37-32(30-23-43-44(2)27-30)20-13-21-33(37)36-22-34-35(40(47)50-3)24-42-39(38(34)46(36)51(48,49)31-18-11-6-12-19-31)45(25-28-14-7-4-8-15-28)26-29-16-9-5-10-17-29/h4-24,27H,25-26H2,2-3H3. The molecule has 0 N–H and O–H groups in total. The Balaban J connectivity index is 1.60. The third-order valence-corrected chi connectivity index (χ3v) is 10.4. The molecule has 11 heteroatoms.